The summed E-state index contributed by atoms with van der Waals surface area (Å²) in [4.78, 5) is 13.5. The summed E-state index contributed by atoms with van der Waals surface area (Å²) in [6.07, 6.45) is 2.90. The molecule has 0 spiro atoms. The molecule has 4 heteroatoms. The molecule has 2 atom stereocenters. The number of carbonyl (C=O) groups is 1. The molecule has 2 rings (SSSR count). The molecule has 0 saturated carbocycles. The van der Waals surface area contributed by atoms with Crippen molar-refractivity contribution in [1.82, 2.24) is 4.90 Å². The maximum atomic E-state index is 11.4. The maximum Gasteiger partial charge on any atom is 0.320 e. The topological polar surface area (TPSA) is 40.5 Å². The average Bonchev–Trinajstić information content (AvgIpc) is 2.39. The van der Waals surface area contributed by atoms with Gasteiger partial charge < -0.3 is 5.11 Å². The second kappa shape index (κ2) is 6.40. The molecule has 0 radical (unpaired) electrons. The standard InChI is InChI=1S/C15H20ClNO2/c1-2-11-6-7-17(14(9-11)15(18)19)10-12-4-3-5-13(16)8-12/h3-5,8,11,14H,2,6-7,9-10H2,1H3,(H,18,19). The molecule has 0 amide bonds. The summed E-state index contributed by atoms with van der Waals surface area (Å²) in [5.74, 6) is -0.170. The highest BCUT2D eigenvalue weighted by molar-refractivity contribution is 6.30. The number of rotatable bonds is 4. The van der Waals surface area contributed by atoms with Crippen LogP contribution in [0, 0.1) is 5.92 Å². The van der Waals surface area contributed by atoms with Gasteiger partial charge in [-0.3, -0.25) is 9.69 Å². The van der Waals surface area contributed by atoms with Gasteiger partial charge in [0.1, 0.15) is 6.04 Å². The second-order valence-corrected chi connectivity index (χ2v) is 5.69. The molecule has 2 unspecified atom stereocenters. The molecule has 0 bridgehead atoms. The Kier molecular flexibility index (Phi) is 4.83. The Balaban J connectivity index is 2.07. The number of benzene rings is 1. The van der Waals surface area contributed by atoms with Crippen molar-refractivity contribution in [2.75, 3.05) is 6.54 Å². The summed E-state index contributed by atoms with van der Waals surface area (Å²) in [5.41, 5.74) is 1.08. The molecule has 1 aromatic carbocycles. The monoisotopic (exact) mass is 281 g/mol. The van der Waals surface area contributed by atoms with Gasteiger partial charge in [-0.15, -0.1) is 0 Å². The van der Waals surface area contributed by atoms with E-state index in [9.17, 15) is 9.90 Å². The van der Waals surface area contributed by atoms with Crippen molar-refractivity contribution in [2.45, 2.75) is 38.8 Å². The van der Waals surface area contributed by atoms with Crippen LogP contribution in [0.2, 0.25) is 5.02 Å². The van der Waals surface area contributed by atoms with Crippen molar-refractivity contribution >= 4 is 17.6 Å². The minimum Gasteiger partial charge on any atom is -0.480 e. The van der Waals surface area contributed by atoms with Gasteiger partial charge in [0.15, 0.2) is 0 Å². The number of halogens is 1. The molecular weight excluding hydrogens is 262 g/mol. The van der Waals surface area contributed by atoms with E-state index in [1.165, 1.54) is 0 Å². The van der Waals surface area contributed by atoms with Gasteiger partial charge >= 0.3 is 5.97 Å². The van der Waals surface area contributed by atoms with E-state index in [1.807, 2.05) is 24.3 Å². The van der Waals surface area contributed by atoms with Crippen LogP contribution in [0.1, 0.15) is 31.7 Å². The first kappa shape index (κ1) is 14.4. The number of likely N-dealkylation sites (tertiary alicyclic amines) is 1. The Hall–Kier alpha value is -1.06. The quantitative estimate of drug-likeness (QED) is 0.919. The van der Waals surface area contributed by atoms with E-state index in [-0.39, 0.29) is 6.04 Å². The van der Waals surface area contributed by atoms with Crippen LogP contribution in [0.15, 0.2) is 24.3 Å². The number of aliphatic carboxylic acids is 1. The number of piperidine rings is 1. The van der Waals surface area contributed by atoms with Crippen LogP contribution < -0.4 is 0 Å². The summed E-state index contributed by atoms with van der Waals surface area (Å²) in [6, 6.07) is 7.29. The summed E-state index contributed by atoms with van der Waals surface area (Å²) >= 11 is 5.97. The lowest BCUT2D eigenvalue weighted by molar-refractivity contribution is -0.145. The van der Waals surface area contributed by atoms with Crippen molar-refractivity contribution in [3.05, 3.63) is 34.9 Å². The van der Waals surface area contributed by atoms with Gasteiger partial charge in [-0.1, -0.05) is 37.1 Å². The molecule has 1 heterocycles. The van der Waals surface area contributed by atoms with E-state index in [0.717, 1.165) is 31.4 Å². The minimum atomic E-state index is -0.708. The van der Waals surface area contributed by atoms with E-state index in [4.69, 9.17) is 11.6 Å². The summed E-state index contributed by atoms with van der Waals surface area (Å²) in [7, 11) is 0. The highest BCUT2D eigenvalue weighted by atomic mass is 35.5. The lowest BCUT2D eigenvalue weighted by Gasteiger charge is -2.37. The SMILES string of the molecule is CCC1CCN(Cc2cccc(Cl)c2)C(C(=O)O)C1. The maximum absolute atomic E-state index is 11.4. The van der Waals surface area contributed by atoms with E-state index < -0.39 is 5.97 Å². The van der Waals surface area contributed by atoms with E-state index in [0.29, 0.717) is 17.5 Å². The Morgan fingerprint density at radius 2 is 2.32 bits per heavy atom. The normalized spacial score (nSPS) is 24.3. The van der Waals surface area contributed by atoms with Gasteiger partial charge in [-0.2, -0.15) is 0 Å². The summed E-state index contributed by atoms with van der Waals surface area (Å²) < 4.78 is 0. The van der Waals surface area contributed by atoms with Gasteiger partial charge in [-0.25, -0.2) is 0 Å². The van der Waals surface area contributed by atoms with E-state index >= 15 is 0 Å². The number of carboxylic acid groups (broad SMARTS) is 1. The van der Waals surface area contributed by atoms with Crippen molar-refractivity contribution < 1.29 is 9.90 Å². The predicted molar refractivity (Wildman–Crippen MR) is 76.3 cm³/mol. The number of nitrogens with zero attached hydrogens (tertiary/aromatic N) is 1. The molecule has 3 nitrogen and oxygen atoms in total. The Morgan fingerprint density at radius 1 is 1.53 bits per heavy atom. The first-order chi connectivity index (χ1) is 9.10. The summed E-state index contributed by atoms with van der Waals surface area (Å²) in [5, 5.41) is 10.1. The van der Waals surface area contributed by atoms with Crippen LogP contribution in [-0.2, 0) is 11.3 Å². The van der Waals surface area contributed by atoms with Crippen LogP contribution in [0.4, 0.5) is 0 Å². The van der Waals surface area contributed by atoms with Crippen molar-refractivity contribution in [3.63, 3.8) is 0 Å². The zero-order valence-corrected chi connectivity index (χ0v) is 11.9. The van der Waals surface area contributed by atoms with Gasteiger partial charge in [0.2, 0.25) is 0 Å². The third kappa shape index (κ3) is 3.71. The average molecular weight is 282 g/mol. The lowest BCUT2D eigenvalue weighted by atomic mass is 9.88. The Bertz CT molecular complexity index is 450. The smallest absolute Gasteiger partial charge is 0.320 e. The van der Waals surface area contributed by atoms with Crippen LogP contribution >= 0.6 is 11.6 Å². The fourth-order valence-electron chi connectivity index (χ4n) is 2.77. The highest BCUT2D eigenvalue weighted by Crippen LogP contribution is 2.27. The van der Waals surface area contributed by atoms with Crippen molar-refractivity contribution in [2.24, 2.45) is 5.92 Å². The van der Waals surface area contributed by atoms with Crippen LogP contribution in [-0.4, -0.2) is 28.6 Å². The van der Waals surface area contributed by atoms with Gasteiger partial charge in [0.25, 0.3) is 0 Å². The third-order valence-corrected chi connectivity index (χ3v) is 4.19. The minimum absolute atomic E-state index is 0.363. The van der Waals surface area contributed by atoms with Gasteiger partial charge in [0, 0.05) is 11.6 Å². The Labute approximate surface area is 119 Å². The fourth-order valence-corrected chi connectivity index (χ4v) is 2.99. The fraction of sp³-hybridized carbons (Fsp3) is 0.533. The van der Waals surface area contributed by atoms with E-state index in [2.05, 4.69) is 11.8 Å². The first-order valence-electron chi connectivity index (χ1n) is 6.81. The lowest BCUT2D eigenvalue weighted by Crippen LogP contribution is -2.46. The third-order valence-electron chi connectivity index (χ3n) is 3.96. The predicted octanol–water partition coefficient (Wildman–Crippen LogP) is 3.42. The van der Waals surface area contributed by atoms with E-state index in [1.54, 1.807) is 0 Å². The van der Waals surface area contributed by atoms with Crippen LogP contribution in [0.25, 0.3) is 0 Å². The van der Waals surface area contributed by atoms with Crippen LogP contribution in [0.3, 0.4) is 0 Å². The molecule has 0 aromatic heterocycles. The van der Waals surface area contributed by atoms with Crippen molar-refractivity contribution in [3.8, 4) is 0 Å². The molecular formula is C15H20ClNO2. The molecule has 1 fully saturated rings. The zero-order chi connectivity index (χ0) is 13.8. The first-order valence-corrected chi connectivity index (χ1v) is 7.19. The zero-order valence-electron chi connectivity index (χ0n) is 11.2. The Morgan fingerprint density at radius 3 is 2.95 bits per heavy atom. The molecule has 1 aromatic rings. The van der Waals surface area contributed by atoms with Crippen molar-refractivity contribution in [1.29, 1.82) is 0 Å². The number of carboxylic acids is 1. The molecule has 1 saturated heterocycles. The van der Waals surface area contributed by atoms with Gasteiger partial charge in [0.05, 0.1) is 0 Å². The van der Waals surface area contributed by atoms with Crippen LogP contribution in [0.5, 0.6) is 0 Å². The molecule has 1 N–H and O–H groups in total. The molecule has 19 heavy (non-hydrogen) atoms. The summed E-state index contributed by atoms with van der Waals surface area (Å²) in [6.45, 7) is 3.64. The second-order valence-electron chi connectivity index (χ2n) is 5.25. The number of hydrogen-bond donors (Lipinski definition) is 1. The molecule has 0 aliphatic carbocycles. The molecule has 1 aliphatic rings. The highest BCUT2D eigenvalue weighted by Gasteiger charge is 2.32. The molecule has 104 valence electrons. The van der Waals surface area contributed by atoms with Gasteiger partial charge in [-0.05, 0) is 43.0 Å². The largest absolute Gasteiger partial charge is 0.480 e. The molecule has 1 aliphatic heterocycles. The number of hydrogen-bond acceptors (Lipinski definition) is 2.